The molecule has 0 bridgehead atoms. The van der Waals surface area contributed by atoms with Gasteiger partial charge in [-0.1, -0.05) is 30.3 Å². The molecule has 1 aliphatic heterocycles. The monoisotopic (exact) mass is 374 g/mol. The zero-order chi connectivity index (χ0) is 19.5. The number of carbonyl (C=O) groups is 1. The van der Waals surface area contributed by atoms with Gasteiger partial charge in [-0.05, 0) is 24.3 Å². The number of hydrogen-bond donors (Lipinski definition) is 1. The number of fused-ring (bicyclic) bond motifs is 1. The van der Waals surface area contributed by atoms with Gasteiger partial charge in [-0.25, -0.2) is 4.39 Å². The standard InChI is InChI=1S/C22H19FN4O/c23-19-6-2-4-8-21(19)26-9-11-27(12-10-26)22(28)16(14-24)13-17-15-25-20-7-3-1-5-18(17)20/h1-8,13,15,25H,9-12H2/b16-13+. The minimum Gasteiger partial charge on any atom is -0.366 e. The summed E-state index contributed by atoms with van der Waals surface area (Å²) in [7, 11) is 0. The van der Waals surface area contributed by atoms with Crippen LogP contribution in [0.4, 0.5) is 10.1 Å². The minimum absolute atomic E-state index is 0.101. The fourth-order valence-corrected chi connectivity index (χ4v) is 3.54. The summed E-state index contributed by atoms with van der Waals surface area (Å²) in [5.74, 6) is -0.555. The molecule has 6 heteroatoms. The number of carbonyl (C=O) groups excluding carboxylic acids is 1. The number of nitrogens with zero attached hydrogens (tertiary/aromatic N) is 3. The van der Waals surface area contributed by atoms with Gasteiger partial charge in [-0.3, -0.25) is 4.79 Å². The van der Waals surface area contributed by atoms with Crippen molar-refractivity contribution < 1.29 is 9.18 Å². The molecule has 1 saturated heterocycles. The number of anilines is 1. The molecule has 0 radical (unpaired) electrons. The van der Waals surface area contributed by atoms with Crippen molar-refractivity contribution in [2.45, 2.75) is 0 Å². The molecule has 4 rings (SSSR count). The SMILES string of the molecule is N#C/C(=C\c1c[nH]c2ccccc12)C(=O)N1CCN(c2ccccc2F)CC1. The van der Waals surface area contributed by atoms with Crippen LogP contribution in [0, 0.1) is 17.1 Å². The largest absolute Gasteiger partial charge is 0.366 e. The zero-order valence-electron chi connectivity index (χ0n) is 15.2. The number of para-hydroxylation sites is 2. The van der Waals surface area contributed by atoms with Gasteiger partial charge in [0.25, 0.3) is 5.91 Å². The van der Waals surface area contributed by atoms with E-state index in [1.165, 1.54) is 6.07 Å². The van der Waals surface area contributed by atoms with Gasteiger partial charge in [0.2, 0.25) is 0 Å². The van der Waals surface area contributed by atoms with Gasteiger partial charge in [0.1, 0.15) is 17.5 Å². The number of halogens is 1. The number of piperazine rings is 1. The number of aromatic nitrogens is 1. The van der Waals surface area contributed by atoms with Crippen LogP contribution >= 0.6 is 0 Å². The van der Waals surface area contributed by atoms with E-state index >= 15 is 0 Å². The second-order valence-corrected chi connectivity index (χ2v) is 6.69. The number of H-pyrrole nitrogens is 1. The number of aromatic amines is 1. The molecule has 0 aliphatic carbocycles. The van der Waals surface area contributed by atoms with Gasteiger partial charge in [0.05, 0.1) is 5.69 Å². The van der Waals surface area contributed by atoms with Crippen molar-refractivity contribution in [3.05, 3.63) is 71.7 Å². The molecule has 2 aromatic carbocycles. The van der Waals surface area contributed by atoms with E-state index in [1.54, 1.807) is 35.4 Å². The predicted molar refractivity (Wildman–Crippen MR) is 107 cm³/mol. The fraction of sp³-hybridized carbons (Fsp3) is 0.182. The van der Waals surface area contributed by atoms with Crippen LogP contribution in [0.3, 0.4) is 0 Å². The predicted octanol–water partition coefficient (Wildman–Crippen LogP) is 3.56. The van der Waals surface area contributed by atoms with Gasteiger partial charge >= 0.3 is 0 Å². The summed E-state index contributed by atoms with van der Waals surface area (Å²) in [6.07, 6.45) is 3.43. The smallest absolute Gasteiger partial charge is 0.264 e. The maximum atomic E-state index is 14.0. The molecule has 1 aromatic heterocycles. The van der Waals surface area contributed by atoms with Gasteiger partial charge in [0, 0.05) is 48.8 Å². The number of rotatable bonds is 3. The lowest BCUT2D eigenvalue weighted by Gasteiger charge is -2.36. The van der Waals surface area contributed by atoms with Crippen molar-refractivity contribution >= 4 is 28.6 Å². The van der Waals surface area contributed by atoms with Crippen molar-refractivity contribution in [2.75, 3.05) is 31.1 Å². The lowest BCUT2D eigenvalue weighted by molar-refractivity contribution is -0.126. The second kappa shape index (κ2) is 7.57. The van der Waals surface area contributed by atoms with Crippen LogP contribution in [0.15, 0.2) is 60.3 Å². The Morgan fingerprint density at radius 2 is 1.79 bits per heavy atom. The molecule has 0 atom stereocenters. The first kappa shape index (κ1) is 17.8. The average molecular weight is 374 g/mol. The van der Waals surface area contributed by atoms with Gasteiger partial charge < -0.3 is 14.8 Å². The van der Waals surface area contributed by atoms with Gasteiger partial charge in [0.15, 0.2) is 0 Å². The van der Waals surface area contributed by atoms with Crippen LogP contribution in [0.1, 0.15) is 5.56 Å². The highest BCUT2D eigenvalue weighted by Gasteiger charge is 2.25. The molecule has 1 aliphatic rings. The Bertz CT molecular complexity index is 1090. The highest BCUT2D eigenvalue weighted by Crippen LogP contribution is 2.23. The number of nitrogens with one attached hydrogen (secondary N) is 1. The first-order valence-corrected chi connectivity index (χ1v) is 9.14. The molecule has 5 nitrogen and oxygen atoms in total. The third-order valence-corrected chi connectivity index (χ3v) is 5.03. The first-order chi connectivity index (χ1) is 13.7. The average Bonchev–Trinajstić information content (AvgIpc) is 3.15. The molecule has 1 fully saturated rings. The number of amides is 1. The number of benzene rings is 2. The van der Waals surface area contributed by atoms with E-state index in [2.05, 4.69) is 4.98 Å². The Morgan fingerprint density at radius 3 is 2.54 bits per heavy atom. The van der Waals surface area contributed by atoms with E-state index < -0.39 is 0 Å². The van der Waals surface area contributed by atoms with Crippen molar-refractivity contribution in [3.63, 3.8) is 0 Å². The molecule has 140 valence electrons. The molecular formula is C22H19FN4O. The normalized spacial score (nSPS) is 14.9. The Morgan fingerprint density at radius 1 is 1.07 bits per heavy atom. The highest BCUT2D eigenvalue weighted by atomic mass is 19.1. The molecule has 2 heterocycles. The highest BCUT2D eigenvalue weighted by molar-refractivity contribution is 6.04. The summed E-state index contributed by atoms with van der Waals surface area (Å²) in [6.45, 7) is 1.94. The number of hydrogen-bond acceptors (Lipinski definition) is 3. The molecule has 0 saturated carbocycles. The van der Waals surface area contributed by atoms with Crippen molar-refractivity contribution in [1.29, 1.82) is 5.26 Å². The Kier molecular flexibility index (Phi) is 4.81. The summed E-state index contributed by atoms with van der Waals surface area (Å²) in [5.41, 5.74) is 2.41. The summed E-state index contributed by atoms with van der Waals surface area (Å²) >= 11 is 0. The summed E-state index contributed by atoms with van der Waals surface area (Å²) in [4.78, 5) is 19.6. The number of nitriles is 1. The van der Waals surface area contributed by atoms with Gasteiger partial charge in [-0.15, -0.1) is 0 Å². The second-order valence-electron chi connectivity index (χ2n) is 6.69. The van der Waals surface area contributed by atoms with Crippen LogP contribution in [-0.2, 0) is 4.79 Å². The lowest BCUT2D eigenvalue weighted by Crippen LogP contribution is -2.49. The molecule has 3 aromatic rings. The third-order valence-electron chi connectivity index (χ3n) is 5.03. The first-order valence-electron chi connectivity index (χ1n) is 9.14. The van der Waals surface area contributed by atoms with E-state index in [4.69, 9.17) is 0 Å². The molecule has 1 N–H and O–H groups in total. The molecule has 28 heavy (non-hydrogen) atoms. The van der Waals surface area contributed by atoms with Gasteiger partial charge in [-0.2, -0.15) is 5.26 Å². The zero-order valence-corrected chi connectivity index (χ0v) is 15.2. The maximum absolute atomic E-state index is 14.0. The van der Waals surface area contributed by atoms with E-state index in [-0.39, 0.29) is 17.3 Å². The van der Waals surface area contributed by atoms with E-state index in [9.17, 15) is 14.4 Å². The molecule has 0 unspecified atom stereocenters. The van der Waals surface area contributed by atoms with Crippen LogP contribution in [0.5, 0.6) is 0 Å². The van der Waals surface area contributed by atoms with Crippen LogP contribution in [-0.4, -0.2) is 42.0 Å². The Balaban J connectivity index is 1.50. The summed E-state index contributed by atoms with van der Waals surface area (Å²) < 4.78 is 14.0. The van der Waals surface area contributed by atoms with Crippen LogP contribution in [0.25, 0.3) is 17.0 Å². The lowest BCUT2D eigenvalue weighted by atomic mass is 10.1. The van der Waals surface area contributed by atoms with E-state index in [1.807, 2.05) is 35.2 Å². The fourth-order valence-electron chi connectivity index (χ4n) is 3.54. The molecule has 1 amide bonds. The van der Waals surface area contributed by atoms with Crippen LogP contribution < -0.4 is 4.90 Å². The van der Waals surface area contributed by atoms with E-state index in [0.29, 0.717) is 31.9 Å². The maximum Gasteiger partial charge on any atom is 0.264 e. The van der Waals surface area contributed by atoms with E-state index in [0.717, 1.165) is 16.5 Å². The third kappa shape index (κ3) is 3.35. The van der Waals surface area contributed by atoms with Crippen molar-refractivity contribution in [3.8, 4) is 6.07 Å². The molecule has 0 spiro atoms. The Labute approximate surface area is 162 Å². The molecular weight excluding hydrogens is 355 g/mol. The van der Waals surface area contributed by atoms with Crippen LogP contribution in [0.2, 0.25) is 0 Å². The summed E-state index contributed by atoms with van der Waals surface area (Å²) in [6, 6.07) is 16.4. The topological polar surface area (TPSA) is 63.1 Å². The Hall–Kier alpha value is -3.59. The summed E-state index contributed by atoms with van der Waals surface area (Å²) in [5, 5.41) is 10.5. The van der Waals surface area contributed by atoms with Crippen molar-refractivity contribution in [1.82, 2.24) is 9.88 Å². The minimum atomic E-state index is -0.291. The van der Waals surface area contributed by atoms with Crippen molar-refractivity contribution in [2.24, 2.45) is 0 Å². The quantitative estimate of drug-likeness (QED) is 0.563.